The molecular weight excluding hydrogens is 628 g/mol. The normalized spacial score (nSPS) is 11.5. The van der Waals surface area contributed by atoms with Crippen LogP contribution in [-0.4, -0.2) is 20.8 Å². The molecule has 1 aromatic heterocycles. The van der Waals surface area contributed by atoms with Gasteiger partial charge < -0.3 is 4.74 Å². The van der Waals surface area contributed by atoms with Crippen molar-refractivity contribution in [1.82, 2.24) is 9.66 Å². The molecule has 0 N–H and O–H groups in total. The van der Waals surface area contributed by atoms with Gasteiger partial charge in [0.25, 0.3) is 5.56 Å². The second-order valence-electron chi connectivity index (χ2n) is 8.84. The highest BCUT2D eigenvalue weighted by Crippen LogP contribution is 2.37. The Morgan fingerprint density at radius 1 is 1.05 bits per heavy atom. The van der Waals surface area contributed by atoms with Gasteiger partial charge in [-0.25, -0.2) is 4.98 Å². The summed E-state index contributed by atoms with van der Waals surface area (Å²) in [5.74, 6) is 0.628. The van der Waals surface area contributed by atoms with Crippen molar-refractivity contribution in [1.29, 1.82) is 0 Å². The zero-order chi connectivity index (χ0) is 27.5. The molecule has 0 radical (unpaired) electrons. The number of ether oxygens (including phenoxy) is 1. The fourth-order valence-corrected chi connectivity index (χ4v) is 5.29. The van der Waals surface area contributed by atoms with Crippen LogP contribution in [-0.2, 0) is 13.0 Å². The number of aromatic nitrogens is 2. The van der Waals surface area contributed by atoms with E-state index in [2.05, 4.69) is 41.9 Å². The van der Waals surface area contributed by atoms with E-state index in [1.165, 1.54) is 17.0 Å². The van der Waals surface area contributed by atoms with Gasteiger partial charge in [0.15, 0.2) is 0 Å². The number of hydrogen-bond donors (Lipinski definition) is 0. The first-order chi connectivity index (χ1) is 18.9. The molecule has 10 heteroatoms. The number of hydrogen-bond acceptors (Lipinski definition) is 6. The van der Waals surface area contributed by atoms with Crippen LogP contribution >= 0.6 is 31.9 Å². The summed E-state index contributed by atoms with van der Waals surface area (Å²) in [5, 5.41) is 18.9. The van der Waals surface area contributed by atoms with Crippen LogP contribution in [0, 0.1) is 10.1 Å². The van der Waals surface area contributed by atoms with Gasteiger partial charge >= 0.3 is 5.69 Å². The standard InChI is InChI=1S/C29H22Br2N4O4/c1-2-6-27-33-25-12-11-21(30)15-23(25)29(36)34(27)32-16-18-13-24(31)28(26(14-18)35(37)38)39-17-20-9-5-8-19-7-3-4-10-22(19)20/h3-5,7-16H,2,6,17H2,1H3. The molecule has 0 aliphatic heterocycles. The predicted octanol–water partition coefficient (Wildman–Crippen LogP) is 7.40. The summed E-state index contributed by atoms with van der Waals surface area (Å²) in [5.41, 5.74) is 1.40. The topological polar surface area (TPSA) is 99.6 Å². The third-order valence-electron chi connectivity index (χ3n) is 6.17. The van der Waals surface area contributed by atoms with Gasteiger partial charge in [-0.2, -0.15) is 9.78 Å². The smallest absolute Gasteiger partial charge is 0.312 e. The molecule has 0 atom stereocenters. The predicted molar refractivity (Wildman–Crippen MR) is 160 cm³/mol. The fourth-order valence-electron chi connectivity index (χ4n) is 4.34. The van der Waals surface area contributed by atoms with E-state index in [1.807, 2.05) is 55.5 Å². The van der Waals surface area contributed by atoms with E-state index in [0.717, 1.165) is 27.2 Å². The first-order valence-electron chi connectivity index (χ1n) is 12.2. The lowest BCUT2D eigenvalue weighted by Gasteiger charge is -2.12. The second kappa shape index (κ2) is 11.5. The Hall–Kier alpha value is -3.89. The monoisotopic (exact) mass is 648 g/mol. The zero-order valence-electron chi connectivity index (χ0n) is 20.8. The van der Waals surface area contributed by atoms with Crippen LogP contribution in [0.5, 0.6) is 5.75 Å². The van der Waals surface area contributed by atoms with Crippen molar-refractivity contribution in [2.24, 2.45) is 5.10 Å². The highest BCUT2D eigenvalue weighted by Gasteiger charge is 2.21. The Morgan fingerprint density at radius 2 is 1.85 bits per heavy atom. The molecule has 0 aliphatic rings. The number of nitro benzene ring substituents is 1. The van der Waals surface area contributed by atoms with Crippen molar-refractivity contribution in [2.45, 2.75) is 26.4 Å². The maximum absolute atomic E-state index is 13.3. The van der Waals surface area contributed by atoms with Crippen LogP contribution in [0.4, 0.5) is 5.69 Å². The minimum Gasteiger partial charge on any atom is -0.481 e. The maximum atomic E-state index is 13.3. The summed E-state index contributed by atoms with van der Waals surface area (Å²) in [7, 11) is 0. The van der Waals surface area contributed by atoms with Crippen LogP contribution in [0.15, 0.2) is 91.6 Å². The largest absolute Gasteiger partial charge is 0.481 e. The van der Waals surface area contributed by atoms with Crippen LogP contribution in [0.1, 0.15) is 30.3 Å². The van der Waals surface area contributed by atoms with Gasteiger partial charge in [-0.1, -0.05) is 65.3 Å². The van der Waals surface area contributed by atoms with E-state index in [0.29, 0.717) is 33.2 Å². The number of benzene rings is 4. The van der Waals surface area contributed by atoms with Crippen molar-refractivity contribution in [3.05, 3.63) is 119 Å². The quantitative estimate of drug-likeness (QED) is 0.0991. The van der Waals surface area contributed by atoms with E-state index in [-0.39, 0.29) is 23.6 Å². The maximum Gasteiger partial charge on any atom is 0.312 e. The van der Waals surface area contributed by atoms with Crippen molar-refractivity contribution in [3.8, 4) is 5.75 Å². The molecule has 5 rings (SSSR count). The SMILES string of the molecule is CCCc1nc2ccc(Br)cc2c(=O)n1N=Cc1cc(Br)c(OCc2cccc3ccccc23)c([N+](=O)[O-])c1. The Kier molecular flexibility index (Phi) is 7.85. The number of aryl methyl sites for hydroxylation is 1. The summed E-state index contributed by atoms with van der Waals surface area (Å²) >= 11 is 6.83. The minimum atomic E-state index is -0.496. The Labute approximate surface area is 240 Å². The molecule has 0 saturated carbocycles. The summed E-state index contributed by atoms with van der Waals surface area (Å²) in [6.45, 7) is 2.14. The van der Waals surface area contributed by atoms with Gasteiger partial charge in [-0.05, 0) is 63.0 Å². The van der Waals surface area contributed by atoms with Crippen molar-refractivity contribution >= 4 is 65.4 Å². The van der Waals surface area contributed by atoms with Crippen LogP contribution in [0.25, 0.3) is 21.7 Å². The molecule has 4 aromatic carbocycles. The highest BCUT2D eigenvalue weighted by atomic mass is 79.9. The lowest BCUT2D eigenvalue weighted by atomic mass is 10.1. The van der Waals surface area contributed by atoms with E-state index in [9.17, 15) is 14.9 Å². The van der Waals surface area contributed by atoms with Crippen LogP contribution < -0.4 is 10.3 Å². The average molecular weight is 650 g/mol. The third kappa shape index (κ3) is 5.62. The molecule has 0 aliphatic carbocycles. The molecule has 39 heavy (non-hydrogen) atoms. The molecule has 0 amide bonds. The minimum absolute atomic E-state index is 0.117. The van der Waals surface area contributed by atoms with Crippen molar-refractivity contribution in [3.63, 3.8) is 0 Å². The van der Waals surface area contributed by atoms with E-state index in [1.54, 1.807) is 18.2 Å². The van der Waals surface area contributed by atoms with Gasteiger partial charge in [-0.3, -0.25) is 14.9 Å². The number of nitrogens with zero attached hydrogens (tertiary/aromatic N) is 4. The Bertz CT molecular complexity index is 1810. The first-order valence-corrected chi connectivity index (χ1v) is 13.8. The van der Waals surface area contributed by atoms with Gasteiger partial charge in [0.2, 0.25) is 5.75 Å². The first kappa shape index (κ1) is 26.7. The molecule has 0 bridgehead atoms. The lowest BCUT2D eigenvalue weighted by molar-refractivity contribution is -0.386. The van der Waals surface area contributed by atoms with Gasteiger partial charge in [0.1, 0.15) is 12.4 Å². The van der Waals surface area contributed by atoms with Crippen LogP contribution in [0.3, 0.4) is 0 Å². The number of fused-ring (bicyclic) bond motifs is 2. The lowest BCUT2D eigenvalue weighted by Crippen LogP contribution is -2.22. The van der Waals surface area contributed by atoms with Gasteiger partial charge in [0.05, 0.1) is 26.5 Å². The summed E-state index contributed by atoms with van der Waals surface area (Å²) in [6.07, 6.45) is 2.73. The molecule has 1 heterocycles. The van der Waals surface area contributed by atoms with Crippen molar-refractivity contribution in [2.75, 3.05) is 0 Å². The number of halogens is 2. The third-order valence-corrected chi connectivity index (χ3v) is 7.25. The molecular formula is C29H22Br2N4O4. The van der Waals surface area contributed by atoms with Gasteiger partial charge in [0, 0.05) is 22.5 Å². The summed E-state index contributed by atoms with van der Waals surface area (Å²) in [4.78, 5) is 29.4. The van der Waals surface area contributed by atoms with Crippen molar-refractivity contribution < 1.29 is 9.66 Å². The molecule has 5 aromatic rings. The number of nitro groups is 1. The van der Waals surface area contributed by atoms with E-state index < -0.39 is 4.92 Å². The average Bonchev–Trinajstić information content (AvgIpc) is 2.92. The second-order valence-corrected chi connectivity index (χ2v) is 10.6. The Morgan fingerprint density at radius 3 is 2.64 bits per heavy atom. The number of rotatable bonds is 8. The van der Waals surface area contributed by atoms with E-state index in [4.69, 9.17) is 4.74 Å². The molecule has 0 fully saturated rings. The molecule has 0 spiro atoms. The van der Waals surface area contributed by atoms with Crippen LogP contribution in [0.2, 0.25) is 0 Å². The summed E-state index contributed by atoms with van der Waals surface area (Å²) in [6, 6.07) is 22.1. The Balaban J connectivity index is 1.50. The molecule has 8 nitrogen and oxygen atoms in total. The summed E-state index contributed by atoms with van der Waals surface area (Å²) < 4.78 is 8.38. The van der Waals surface area contributed by atoms with Gasteiger partial charge in [-0.15, -0.1) is 0 Å². The van der Waals surface area contributed by atoms with E-state index >= 15 is 0 Å². The molecule has 0 unspecified atom stereocenters. The zero-order valence-corrected chi connectivity index (χ0v) is 24.0. The molecule has 0 saturated heterocycles. The highest BCUT2D eigenvalue weighted by molar-refractivity contribution is 9.10. The fraction of sp³-hybridized carbons (Fsp3) is 0.138. The molecule has 196 valence electrons.